The van der Waals surface area contributed by atoms with Crippen LogP contribution in [0.4, 0.5) is 0 Å². The Bertz CT molecular complexity index is 386. The smallest absolute Gasteiger partial charge is 0.122 e. The molecular formula is C16H23BrO2. The summed E-state index contributed by atoms with van der Waals surface area (Å²) in [4.78, 5) is 0. The lowest BCUT2D eigenvalue weighted by atomic mass is 9.94. The molecule has 3 heteroatoms. The minimum Gasteiger partial charge on any atom is -0.493 e. The van der Waals surface area contributed by atoms with Crippen LogP contribution in [0, 0.1) is 12.8 Å². The maximum Gasteiger partial charge on any atom is 0.122 e. The number of aryl methyl sites for hydroxylation is 1. The van der Waals surface area contributed by atoms with Gasteiger partial charge in [0, 0.05) is 17.7 Å². The quantitative estimate of drug-likeness (QED) is 0.703. The van der Waals surface area contributed by atoms with Gasteiger partial charge in [0.05, 0.1) is 6.61 Å². The summed E-state index contributed by atoms with van der Waals surface area (Å²) in [7, 11) is 0. The van der Waals surface area contributed by atoms with Gasteiger partial charge in [0.15, 0.2) is 0 Å². The molecule has 1 aliphatic rings. The number of hydrogen-bond donors (Lipinski definition) is 0. The standard InChI is InChI=1S/C16H23BrO2/c1-13-12-15(17)5-6-16(13)19-9-3-2-4-14-7-10-18-11-8-14/h5-6,12,14H,2-4,7-11H2,1H3. The van der Waals surface area contributed by atoms with E-state index in [4.69, 9.17) is 9.47 Å². The Balaban J connectivity index is 1.61. The summed E-state index contributed by atoms with van der Waals surface area (Å²) in [6.07, 6.45) is 6.22. The highest BCUT2D eigenvalue weighted by molar-refractivity contribution is 9.10. The summed E-state index contributed by atoms with van der Waals surface area (Å²) in [6.45, 7) is 4.83. The van der Waals surface area contributed by atoms with Gasteiger partial charge in [-0.15, -0.1) is 0 Å². The van der Waals surface area contributed by atoms with Crippen molar-refractivity contribution < 1.29 is 9.47 Å². The van der Waals surface area contributed by atoms with Crippen molar-refractivity contribution in [2.75, 3.05) is 19.8 Å². The second-order valence-corrected chi connectivity index (χ2v) is 6.23. The van der Waals surface area contributed by atoms with E-state index in [0.717, 1.165) is 42.4 Å². The minimum atomic E-state index is 0.825. The van der Waals surface area contributed by atoms with E-state index in [9.17, 15) is 0 Å². The second-order valence-electron chi connectivity index (χ2n) is 5.31. The molecule has 0 radical (unpaired) electrons. The van der Waals surface area contributed by atoms with Crippen molar-refractivity contribution in [1.82, 2.24) is 0 Å². The zero-order valence-corrected chi connectivity index (χ0v) is 13.2. The van der Waals surface area contributed by atoms with Gasteiger partial charge < -0.3 is 9.47 Å². The predicted octanol–water partition coefficient (Wildman–Crippen LogP) is 4.73. The van der Waals surface area contributed by atoms with Crippen LogP contribution < -0.4 is 4.74 Å². The molecule has 0 spiro atoms. The van der Waals surface area contributed by atoms with Crippen LogP contribution in [0.5, 0.6) is 5.75 Å². The highest BCUT2D eigenvalue weighted by Gasteiger charge is 2.12. The van der Waals surface area contributed by atoms with E-state index in [2.05, 4.69) is 28.9 Å². The fourth-order valence-electron chi connectivity index (χ4n) is 2.53. The number of unbranched alkanes of at least 4 members (excludes halogenated alkanes) is 1. The molecule has 1 fully saturated rings. The van der Waals surface area contributed by atoms with Gasteiger partial charge >= 0.3 is 0 Å². The first-order valence-electron chi connectivity index (χ1n) is 7.22. The molecule has 1 heterocycles. The predicted molar refractivity (Wildman–Crippen MR) is 81.8 cm³/mol. The van der Waals surface area contributed by atoms with E-state index in [1.165, 1.54) is 31.2 Å². The van der Waals surface area contributed by atoms with Gasteiger partial charge in [-0.2, -0.15) is 0 Å². The summed E-state index contributed by atoms with van der Waals surface area (Å²) >= 11 is 3.47. The first-order valence-corrected chi connectivity index (χ1v) is 8.01. The van der Waals surface area contributed by atoms with Crippen LogP contribution in [-0.4, -0.2) is 19.8 Å². The Hall–Kier alpha value is -0.540. The van der Waals surface area contributed by atoms with Crippen molar-refractivity contribution in [3.63, 3.8) is 0 Å². The van der Waals surface area contributed by atoms with Crippen molar-refractivity contribution in [3.05, 3.63) is 28.2 Å². The van der Waals surface area contributed by atoms with Crippen LogP contribution in [0.15, 0.2) is 22.7 Å². The average Bonchev–Trinajstić information content (AvgIpc) is 2.42. The Labute approximate surface area is 124 Å². The van der Waals surface area contributed by atoms with E-state index in [1.807, 2.05) is 12.1 Å². The first-order chi connectivity index (χ1) is 9.25. The number of halogens is 1. The third kappa shape index (κ3) is 5.15. The van der Waals surface area contributed by atoms with Crippen LogP contribution in [0.2, 0.25) is 0 Å². The molecule has 2 nitrogen and oxygen atoms in total. The first kappa shape index (κ1) is 14.9. The Morgan fingerprint density at radius 3 is 2.79 bits per heavy atom. The molecule has 0 aliphatic carbocycles. The Morgan fingerprint density at radius 1 is 1.26 bits per heavy atom. The highest BCUT2D eigenvalue weighted by Crippen LogP contribution is 2.23. The third-order valence-corrected chi connectivity index (χ3v) is 4.24. The maximum absolute atomic E-state index is 5.84. The largest absolute Gasteiger partial charge is 0.493 e. The number of ether oxygens (including phenoxy) is 2. The van der Waals surface area contributed by atoms with Crippen LogP contribution in [-0.2, 0) is 4.74 Å². The summed E-state index contributed by atoms with van der Waals surface area (Å²) in [6, 6.07) is 6.17. The summed E-state index contributed by atoms with van der Waals surface area (Å²) in [5, 5.41) is 0. The zero-order chi connectivity index (χ0) is 13.5. The number of benzene rings is 1. The molecule has 19 heavy (non-hydrogen) atoms. The molecule has 0 atom stereocenters. The van der Waals surface area contributed by atoms with E-state index < -0.39 is 0 Å². The molecule has 0 amide bonds. The molecule has 2 rings (SSSR count). The molecule has 1 saturated heterocycles. The molecule has 1 aromatic carbocycles. The zero-order valence-electron chi connectivity index (χ0n) is 11.7. The van der Waals surface area contributed by atoms with Gasteiger partial charge in [-0.05, 0) is 62.3 Å². The topological polar surface area (TPSA) is 18.5 Å². The molecule has 1 aliphatic heterocycles. The fraction of sp³-hybridized carbons (Fsp3) is 0.625. The molecule has 0 aromatic heterocycles. The van der Waals surface area contributed by atoms with E-state index in [1.54, 1.807) is 0 Å². The Kier molecular flexibility index (Phi) is 6.18. The number of hydrogen-bond acceptors (Lipinski definition) is 2. The monoisotopic (exact) mass is 326 g/mol. The lowest BCUT2D eigenvalue weighted by molar-refractivity contribution is 0.0628. The van der Waals surface area contributed by atoms with Gasteiger partial charge in [-0.25, -0.2) is 0 Å². The SMILES string of the molecule is Cc1cc(Br)ccc1OCCCCC1CCOCC1. The Morgan fingerprint density at radius 2 is 2.05 bits per heavy atom. The maximum atomic E-state index is 5.84. The normalized spacial score (nSPS) is 16.5. The molecule has 0 saturated carbocycles. The average molecular weight is 327 g/mol. The van der Waals surface area contributed by atoms with Crippen molar-refractivity contribution >= 4 is 15.9 Å². The molecular weight excluding hydrogens is 304 g/mol. The van der Waals surface area contributed by atoms with Crippen LogP contribution in [0.25, 0.3) is 0 Å². The van der Waals surface area contributed by atoms with Crippen LogP contribution in [0.3, 0.4) is 0 Å². The molecule has 106 valence electrons. The lowest BCUT2D eigenvalue weighted by Gasteiger charge is -2.21. The van der Waals surface area contributed by atoms with Gasteiger partial charge in [0.25, 0.3) is 0 Å². The minimum absolute atomic E-state index is 0.825. The van der Waals surface area contributed by atoms with E-state index >= 15 is 0 Å². The van der Waals surface area contributed by atoms with Crippen LogP contribution >= 0.6 is 15.9 Å². The lowest BCUT2D eigenvalue weighted by Crippen LogP contribution is -2.15. The molecule has 0 N–H and O–H groups in total. The van der Waals surface area contributed by atoms with Gasteiger partial charge in [0.1, 0.15) is 5.75 Å². The van der Waals surface area contributed by atoms with Crippen molar-refractivity contribution in [2.45, 2.75) is 39.0 Å². The molecule has 0 bridgehead atoms. The summed E-state index contributed by atoms with van der Waals surface area (Å²) in [5.74, 6) is 1.89. The summed E-state index contributed by atoms with van der Waals surface area (Å²) in [5.41, 5.74) is 1.19. The summed E-state index contributed by atoms with van der Waals surface area (Å²) < 4.78 is 12.3. The van der Waals surface area contributed by atoms with Crippen molar-refractivity contribution in [1.29, 1.82) is 0 Å². The molecule has 1 aromatic rings. The highest BCUT2D eigenvalue weighted by atomic mass is 79.9. The van der Waals surface area contributed by atoms with Crippen molar-refractivity contribution in [2.24, 2.45) is 5.92 Å². The number of rotatable bonds is 6. The van der Waals surface area contributed by atoms with Gasteiger partial charge in [-0.1, -0.05) is 22.4 Å². The fourth-order valence-corrected chi connectivity index (χ4v) is 3.00. The van der Waals surface area contributed by atoms with E-state index in [-0.39, 0.29) is 0 Å². The second kappa shape index (κ2) is 7.91. The van der Waals surface area contributed by atoms with Gasteiger partial charge in [0.2, 0.25) is 0 Å². The van der Waals surface area contributed by atoms with Gasteiger partial charge in [-0.3, -0.25) is 0 Å². The third-order valence-electron chi connectivity index (χ3n) is 3.74. The van der Waals surface area contributed by atoms with Crippen LogP contribution in [0.1, 0.15) is 37.7 Å². The van der Waals surface area contributed by atoms with Crippen molar-refractivity contribution in [3.8, 4) is 5.75 Å². The molecule has 0 unspecified atom stereocenters. The van der Waals surface area contributed by atoms with E-state index in [0.29, 0.717) is 0 Å².